The van der Waals surface area contributed by atoms with Gasteiger partial charge in [-0.05, 0) is 32.5 Å². The zero-order valence-electron chi connectivity index (χ0n) is 12.0. The monoisotopic (exact) mass is 309 g/mol. The molecule has 0 heterocycles. The van der Waals surface area contributed by atoms with Crippen LogP contribution >= 0.6 is 0 Å². The predicted octanol–water partition coefficient (Wildman–Crippen LogP) is -4.13. The van der Waals surface area contributed by atoms with Crippen molar-refractivity contribution in [2.45, 2.75) is 37.3 Å². The molecule has 0 saturated carbocycles. The van der Waals surface area contributed by atoms with Crippen LogP contribution in [0.4, 0.5) is 0 Å². The number of aliphatic hydroxyl groups excluding tert-OH is 5. The molecule has 0 aliphatic heterocycles. The third kappa shape index (κ3) is 8.27. The van der Waals surface area contributed by atoms with Crippen LogP contribution in [0.3, 0.4) is 0 Å². The molecule has 0 aromatic carbocycles. The van der Waals surface area contributed by atoms with Crippen molar-refractivity contribution >= 4 is 5.91 Å². The van der Waals surface area contributed by atoms with Crippen molar-refractivity contribution in [2.75, 3.05) is 32.8 Å². The van der Waals surface area contributed by atoms with Gasteiger partial charge in [0, 0.05) is 6.54 Å². The van der Waals surface area contributed by atoms with Crippen molar-refractivity contribution in [3.63, 3.8) is 0 Å². The highest BCUT2D eigenvalue weighted by Gasteiger charge is 2.33. The minimum Gasteiger partial charge on any atom is -0.394 e. The van der Waals surface area contributed by atoms with E-state index < -0.39 is 36.9 Å². The van der Waals surface area contributed by atoms with E-state index in [2.05, 4.69) is 10.6 Å². The van der Waals surface area contributed by atoms with Gasteiger partial charge in [0.1, 0.15) is 18.3 Å². The van der Waals surface area contributed by atoms with E-state index in [1.54, 1.807) is 0 Å². The Bertz CT molecular complexity index is 282. The Morgan fingerprint density at radius 1 is 1.00 bits per heavy atom. The van der Waals surface area contributed by atoms with Crippen molar-refractivity contribution in [2.24, 2.45) is 5.73 Å². The SMILES string of the molecule is NCCCNCCCNC(=O)C(O)C(O)C(O)C(O)CO. The number of nitrogens with two attached hydrogens (primary N) is 1. The second-order valence-electron chi connectivity index (χ2n) is 4.71. The zero-order valence-corrected chi connectivity index (χ0v) is 12.0. The number of hydrogen-bond acceptors (Lipinski definition) is 8. The van der Waals surface area contributed by atoms with Gasteiger partial charge in [-0.2, -0.15) is 0 Å². The molecule has 0 spiro atoms. The quantitative estimate of drug-likeness (QED) is 0.168. The Hall–Kier alpha value is -0.810. The van der Waals surface area contributed by atoms with E-state index in [1.165, 1.54) is 0 Å². The first kappa shape index (κ1) is 20.2. The Balaban J connectivity index is 3.89. The molecule has 0 bridgehead atoms. The third-order valence-electron chi connectivity index (χ3n) is 2.91. The first-order chi connectivity index (χ1) is 9.95. The van der Waals surface area contributed by atoms with E-state index in [9.17, 15) is 20.1 Å². The Morgan fingerprint density at radius 3 is 2.19 bits per heavy atom. The summed E-state index contributed by atoms with van der Waals surface area (Å²) in [5, 5.41) is 51.7. The molecular formula is C12H27N3O6. The van der Waals surface area contributed by atoms with Gasteiger partial charge in [-0.25, -0.2) is 0 Å². The van der Waals surface area contributed by atoms with Crippen LogP contribution in [0.2, 0.25) is 0 Å². The Kier molecular flexibility index (Phi) is 11.4. The highest BCUT2D eigenvalue weighted by molar-refractivity contribution is 5.81. The molecule has 21 heavy (non-hydrogen) atoms. The fourth-order valence-corrected chi connectivity index (χ4v) is 1.56. The second-order valence-corrected chi connectivity index (χ2v) is 4.71. The van der Waals surface area contributed by atoms with Gasteiger partial charge in [0.2, 0.25) is 0 Å². The minimum absolute atomic E-state index is 0.289. The molecule has 9 heteroatoms. The summed E-state index contributed by atoms with van der Waals surface area (Å²) in [6.07, 6.45) is -5.72. The summed E-state index contributed by atoms with van der Waals surface area (Å²) >= 11 is 0. The number of carbonyl (C=O) groups is 1. The lowest BCUT2D eigenvalue weighted by molar-refractivity contribution is -0.148. The van der Waals surface area contributed by atoms with Crippen molar-refractivity contribution in [3.05, 3.63) is 0 Å². The lowest BCUT2D eigenvalue weighted by atomic mass is 10.0. The van der Waals surface area contributed by atoms with Gasteiger partial charge >= 0.3 is 0 Å². The molecule has 0 saturated heterocycles. The van der Waals surface area contributed by atoms with Gasteiger partial charge < -0.3 is 41.9 Å². The van der Waals surface area contributed by atoms with E-state index in [0.717, 1.165) is 13.0 Å². The van der Waals surface area contributed by atoms with E-state index in [-0.39, 0.29) is 6.54 Å². The van der Waals surface area contributed by atoms with Crippen LogP contribution in [0.15, 0.2) is 0 Å². The molecular weight excluding hydrogens is 282 g/mol. The van der Waals surface area contributed by atoms with Crippen molar-refractivity contribution in [1.29, 1.82) is 0 Å². The molecule has 1 amide bonds. The molecule has 0 aromatic rings. The van der Waals surface area contributed by atoms with Gasteiger partial charge in [0.25, 0.3) is 5.91 Å². The van der Waals surface area contributed by atoms with E-state index in [1.807, 2.05) is 0 Å². The summed E-state index contributed by atoms with van der Waals surface area (Å²) in [5.74, 6) is -0.853. The number of amides is 1. The zero-order chi connectivity index (χ0) is 16.3. The predicted molar refractivity (Wildman–Crippen MR) is 75.3 cm³/mol. The van der Waals surface area contributed by atoms with Crippen molar-refractivity contribution in [3.8, 4) is 0 Å². The van der Waals surface area contributed by atoms with Crippen molar-refractivity contribution in [1.82, 2.24) is 10.6 Å². The molecule has 4 atom stereocenters. The fraction of sp³-hybridized carbons (Fsp3) is 0.917. The molecule has 0 aliphatic carbocycles. The average molecular weight is 309 g/mol. The van der Waals surface area contributed by atoms with Crippen LogP contribution in [-0.4, -0.2) is 88.6 Å². The first-order valence-electron chi connectivity index (χ1n) is 6.97. The van der Waals surface area contributed by atoms with Crippen LogP contribution in [0, 0.1) is 0 Å². The maximum atomic E-state index is 11.5. The second kappa shape index (κ2) is 11.8. The Labute approximate surface area is 123 Å². The third-order valence-corrected chi connectivity index (χ3v) is 2.91. The summed E-state index contributed by atoms with van der Waals surface area (Å²) in [5.41, 5.74) is 5.32. The van der Waals surface area contributed by atoms with Gasteiger partial charge in [0.05, 0.1) is 6.61 Å². The van der Waals surface area contributed by atoms with Crippen LogP contribution in [0.1, 0.15) is 12.8 Å². The molecule has 4 unspecified atom stereocenters. The highest BCUT2D eigenvalue weighted by Crippen LogP contribution is 2.05. The first-order valence-corrected chi connectivity index (χ1v) is 6.97. The van der Waals surface area contributed by atoms with Crippen LogP contribution < -0.4 is 16.4 Å². The summed E-state index contributed by atoms with van der Waals surface area (Å²) < 4.78 is 0. The lowest BCUT2D eigenvalue weighted by Crippen LogP contribution is -2.51. The topological polar surface area (TPSA) is 168 Å². The number of aliphatic hydroxyl groups is 5. The summed E-state index contributed by atoms with van der Waals surface area (Å²) in [6, 6.07) is 0. The van der Waals surface area contributed by atoms with Crippen LogP contribution in [0.25, 0.3) is 0 Å². The standard InChI is InChI=1S/C12H27N3O6/c13-3-1-4-14-5-2-6-15-12(21)11(20)10(19)9(18)8(17)7-16/h8-11,14,16-20H,1-7,13H2,(H,15,21). The number of carbonyl (C=O) groups excluding carboxylic acids is 1. The number of rotatable bonds is 12. The van der Waals surface area contributed by atoms with Crippen LogP contribution in [0.5, 0.6) is 0 Å². The van der Waals surface area contributed by atoms with Gasteiger partial charge in [-0.3, -0.25) is 4.79 Å². The summed E-state index contributed by atoms with van der Waals surface area (Å²) in [4.78, 5) is 11.5. The highest BCUT2D eigenvalue weighted by atomic mass is 16.4. The Morgan fingerprint density at radius 2 is 1.62 bits per heavy atom. The molecule has 9 N–H and O–H groups in total. The smallest absolute Gasteiger partial charge is 0.251 e. The van der Waals surface area contributed by atoms with Crippen molar-refractivity contribution < 1.29 is 30.3 Å². The normalized spacial score (nSPS) is 17.0. The maximum Gasteiger partial charge on any atom is 0.251 e. The maximum absolute atomic E-state index is 11.5. The van der Waals surface area contributed by atoms with E-state index in [0.29, 0.717) is 19.5 Å². The summed E-state index contributed by atoms with van der Waals surface area (Å²) in [6.45, 7) is 1.57. The number of nitrogens with one attached hydrogen (secondary N) is 2. The van der Waals surface area contributed by atoms with E-state index >= 15 is 0 Å². The molecule has 9 nitrogen and oxygen atoms in total. The molecule has 0 rings (SSSR count). The molecule has 126 valence electrons. The lowest BCUT2D eigenvalue weighted by Gasteiger charge is -2.24. The largest absolute Gasteiger partial charge is 0.394 e. The van der Waals surface area contributed by atoms with Gasteiger partial charge in [-0.15, -0.1) is 0 Å². The minimum atomic E-state index is -1.88. The average Bonchev–Trinajstić information content (AvgIpc) is 2.50. The number of hydrogen-bond donors (Lipinski definition) is 8. The molecule has 0 fully saturated rings. The van der Waals surface area contributed by atoms with Crippen LogP contribution in [-0.2, 0) is 4.79 Å². The van der Waals surface area contributed by atoms with Gasteiger partial charge in [0.15, 0.2) is 6.10 Å². The van der Waals surface area contributed by atoms with E-state index in [4.69, 9.17) is 15.9 Å². The van der Waals surface area contributed by atoms with Gasteiger partial charge in [-0.1, -0.05) is 0 Å². The fourth-order valence-electron chi connectivity index (χ4n) is 1.56. The molecule has 0 aromatic heterocycles. The summed E-state index contributed by atoms with van der Waals surface area (Å²) in [7, 11) is 0. The molecule has 0 aliphatic rings. The molecule has 0 radical (unpaired) electrons.